The van der Waals surface area contributed by atoms with Gasteiger partial charge in [0.25, 0.3) is 0 Å². The number of carbonyl (C=O) groups is 1. The number of aryl methyl sites for hydroxylation is 1. The number of hydrogen-bond donors (Lipinski definition) is 1. The first-order valence-electron chi connectivity index (χ1n) is 3.73. The van der Waals surface area contributed by atoms with Crippen LogP contribution in [0.5, 0.6) is 0 Å². The van der Waals surface area contributed by atoms with Gasteiger partial charge in [0.15, 0.2) is 5.15 Å². The summed E-state index contributed by atoms with van der Waals surface area (Å²) < 4.78 is 27.1. The lowest BCUT2D eigenvalue weighted by molar-refractivity contribution is -0.167. The van der Waals surface area contributed by atoms with Gasteiger partial charge in [-0.2, -0.15) is 8.78 Å². The normalized spacial score (nSPS) is 11.7. The fourth-order valence-electron chi connectivity index (χ4n) is 1.01. The Hall–Kier alpha value is -1.17. The maximum Gasteiger partial charge on any atom is 0.385 e. The number of rotatable bonds is 3. The van der Waals surface area contributed by atoms with E-state index in [1.165, 1.54) is 0 Å². The highest BCUT2D eigenvalue weighted by molar-refractivity contribution is 6.30. The van der Waals surface area contributed by atoms with Crippen LogP contribution in [0.2, 0.25) is 5.15 Å². The fraction of sp³-hybridized carbons (Fsp3) is 0.429. The summed E-state index contributed by atoms with van der Waals surface area (Å²) in [6.07, 6.45) is 1.08. The fourth-order valence-corrected chi connectivity index (χ4v) is 1.28. The Morgan fingerprint density at radius 1 is 1.79 bits per heavy atom. The molecule has 0 aromatic carbocycles. The topological polar surface area (TPSA) is 55.1 Å². The molecule has 78 valence electrons. The highest BCUT2D eigenvalue weighted by Gasteiger charge is 2.46. The number of alkyl halides is 2. The first-order chi connectivity index (χ1) is 6.41. The molecule has 1 N–H and O–H groups in total. The van der Waals surface area contributed by atoms with E-state index < -0.39 is 22.7 Å². The average molecular weight is 225 g/mol. The average Bonchev–Trinajstić information content (AvgIpc) is 2.46. The van der Waals surface area contributed by atoms with Gasteiger partial charge in [-0.1, -0.05) is 11.6 Å². The second kappa shape index (κ2) is 3.53. The minimum absolute atomic E-state index is 0.178. The van der Waals surface area contributed by atoms with Crippen LogP contribution in [0.15, 0.2) is 6.33 Å². The van der Waals surface area contributed by atoms with E-state index in [1.807, 2.05) is 0 Å². The van der Waals surface area contributed by atoms with Crippen molar-refractivity contribution in [2.24, 2.45) is 0 Å². The van der Waals surface area contributed by atoms with Crippen molar-refractivity contribution in [3.05, 3.63) is 17.2 Å². The highest BCUT2D eigenvalue weighted by Crippen LogP contribution is 2.32. The molecule has 0 bridgehead atoms. The molecule has 0 fully saturated rings. The predicted octanol–water partition coefficient (Wildman–Crippen LogP) is 1.73. The molecule has 0 saturated carbocycles. The van der Waals surface area contributed by atoms with E-state index in [0.717, 1.165) is 10.9 Å². The number of nitrogens with zero attached hydrogens (tertiary/aromatic N) is 2. The summed E-state index contributed by atoms with van der Waals surface area (Å²) in [5.41, 5.74) is -0.783. The molecule has 0 saturated heterocycles. The summed E-state index contributed by atoms with van der Waals surface area (Å²) in [5, 5.41) is 7.82. The van der Waals surface area contributed by atoms with Gasteiger partial charge in [0.2, 0.25) is 0 Å². The predicted molar refractivity (Wildman–Crippen MR) is 44.4 cm³/mol. The van der Waals surface area contributed by atoms with E-state index in [-0.39, 0.29) is 6.54 Å². The third-order valence-electron chi connectivity index (χ3n) is 1.70. The van der Waals surface area contributed by atoms with E-state index in [2.05, 4.69) is 4.98 Å². The van der Waals surface area contributed by atoms with Crippen molar-refractivity contribution in [3.8, 4) is 0 Å². The number of carboxylic acids is 1. The van der Waals surface area contributed by atoms with Crippen LogP contribution in [0.4, 0.5) is 8.78 Å². The van der Waals surface area contributed by atoms with Gasteiger partial charge in [-0.25, -0.2) is 9.78 Å². The standard InChI is InChI=1S/C7H7ClF2N2O2/c1-2-12-3-11-5(8)4(12)7(9,10)6(13)14/h3H,2H2,1H3,(H,13,14). The lowest BCUT2D eigenvalue weighted by atomic mass is 10.2. The number of carboxylic acid groups (broad SMARTS) is 1. The Morgan fingerprint density at radius 3 is 2.79 bits per heavy atom. The maximum absolute atomic E-state index is 13.1. The van der Waals surface area contributed by atoms with E-state index in [9.17, 15) is 13.6 Å². The van der Waals surface area contributed by atoms with Crippen LogP contribution in [0, 0.1) is 0 Å². The van der Waals surface area contributed by atoms with E-state index >= 15 is 0 Å². The summed E-state index contributed by atoms with van der Waals surface area (Å²) >= 11 is 5.38. The molecule has 0 atom stereocenters. The third-order valence-corrected chi connectivity index (χ3v) is 1.98. The molecule has 14 heavy (non-hydrogen) atoms. The molecule has 0 aliphatic heterocycles. The maximum atomic E-state index is 13.1. The van der Waals surface area contributed by atoms with E-state index in [0.29, 0.717) is 0 Å². The Morgan fingerprint density at radius 2 is 2.36 bits per heavy atom. The largest absolute Gasteiger partial charge is 0.476 e. The second-order valence-corrected chi connectivity index (χ2v) is 2.91. The Bertz CT molecular complexity index is 365. The van der Waals surface area contributed by atoms with Crippen molar-refractivity contribution in [2.45, 2.75) is 19.4 Å². The molecule has 0 unspecified atom stereocenters. The molecular formula is C7H7ClF2N2O2. The Balaban J connectivity index is 3.29. The number of hydrogen-bond acceptors (Lipinski definition) is 2. The second-order valence-electron chi connectivity index (χ2n) is 2.55. The summed E-state index contributed by atoms with van der Waals surface area (Å²) in [6, 6.07) is 0. The molecule has 1 aromatic heterocycles. The number of imidazole rings is 1. The van der Waals surface area contributed by atoms with Crippen LogP contribution in [0.3, 0.4) is 0 Å². The quantitative estimate of drug-likeness (QED) is 0.851. The van der Waals surface area contributed by atoms with Gasteiger partial charge in [-0.15, -0.1) is 0 Å². The van der Waals surface area contributed by atoms with Crippen molar-refractivity contribution in [3.63, 3.8) is 0 Å². The Labute approximate surface area is 83.1 Å². The molecule has 0 aliphatic rings. The minimum atomic E-state index is -4.01. The SMILES string of the molecule is CCn1cnc(Cl)c1C(F)(F)C(=O)O. The van der Waals surface area contributed by atoms with Gasteiger partial charge in [0.1, 0.15) is 5.69 Å². The Kier molecular flexibility index (Phi) is 2.75. The van der Waals surface area contributed by atoms with Crippen LogP contribution in [0.1, 0.15) is 12.6 Å². The van der Waals surface area contributed by atoms with Crippen molar-refractivity contribution >= 4 is 17.6 Å². The van der Waals surface area contributed by atoms with E-state index in [1.54, 1.807) is 6.92 Å². The molecular weight excluding hydrogens is 218 g/mol. The minimum Gasteiger partial charge on any atom is -0.476 e. The van der Waals surface area contributed by atoms with Gasteiger partial charge in [0, 0.05) is 6.54 Å². The number of aromatic nitrogens is 2. The molecule has 0 aliphatic carbocycles. The zero-order valence-corrected chi connectivity index (χ0v) is 7.92. The molecule has 7 heteroatoms. The molecule has 1 heterocycles. The summed E-state index contributed by atoms with van der Waals surface area (Å²) in [6.45, 7) is 1.76. The number of aliphatic carboxylic acids is 1. The van der Waals surface area contributed by atoms with Gasteiger partial charge in [-0.3, -0.25) is 0 Å². The van der Waals surface area contributed by atoms with Gasteiger partial charge in [0.05, 0.1) is 6.33 Å². The van der Waals surface area contributed by atoms with E-state index in [4.69, 9.17) is 16.7 Å². The third kappa shape index (κ3) is 1.57. The van der Waals surface area contributed by atoms with Crippen molar-refractivity contribution in [2.75, 3.05) is 0 Å². The monoisotopic (exact) mass is 224 g/mol. The van der Waals surface area contributed by atoms with Gasteiger partial charge < -0.3 is 9.67 Å². The van der Waals surface area contributed by atoms with Crippen LogP contribution in [0.25, 0.3) is 0 Å². The van der Waals surface area contributed by atoms with Crippen LogP contribution >= 0.6 is 11.6 Å². The van der Waals surface area contributed by atoms with Gasteiger partial charge >= 0.3 is 11.9 Å². The first-order valence-corrected chi connectivity index (χ1v) is 4.11. The lowest BCUT2D eigenvalue weighted by Crippen LogP contribution is -2.28. The molecule has 4 nitrogen and oxygen atoms in total. The van der Waals surface area contributed by atoms with Crippen molar-refractivity contribution in [1.29, 1.82) is 0 Å². The molecule has 0 radical (unpaired) electrons. The van der Waals surface area contributed by atoms with Gasteiger partial charge in [-0.05, 0) is 6.92 Å². The van der Waals surface area contributed by atoms with Crippen molar-refractivity contribution in [1.82, 2.24) is 9.55 Å². The zero-order chi connectivity index (χ0) is 10.9. The van der Waals surface area contributed by atoms with Crippen LogP contribution in [-0.2, 0) is 17.3 Å². The molecule has 0 spiro atoms. The number of halogens is 3. The lowest BCUT2D eigenvalue weighted by Gasteiger charge is -2.13. The summed E-state index contributed by atoms with van der Waals surface area (Å²) in [7, 11) is 0. The van der Waals surface area contributed by atoms with Crippen molar-refractivity contribution < 1.29 is 18.7 Å². The van der Waals surface area contributed by atoms with Crippen LogP contribution < -0.4 is 0 Å². The van der Waals surface area contributed by atoms with Crippen LogP contribution in [-0.4, -0.2) is 20.6 Å². The summed E-state index contributed by atoms with van der Waals surface area (Å²) in [5.74, 6) is -6.25. The smallest absolute Gasteiger partial charge is 0.385 e. The molecule has 0 amide bonds. The molecule has 1 rings (SSSR count). The molecule has 1 aromatic rings. The zero-order valence-electron chi connectivity index (χ0n) is 7.17. The summed E-state index contributed by atoms with van der Waals surface area (Å²) in [4.78, 5) is 13.7. The highest BCUT2D eigenvalue weighted by atomic mass is 35.5. The first kappa shape index (κ1) is 10.9.